The van der Waals surface area contributed by atoms with Crippen molar-refractivity contribution in [3.63, 3.8) is 0 Å². The lowest BCUT2D eigenvalue weighted by atomic mass is 9.35. The van der Waals surface area contributed by atoms with E-state index in [4.69, 9.17) is 0 Å². The van der Waals surface area contributed by atoms with Crippen LogP contribution in [0.5, 0.6) is 0 Å². The summed E-state index contributed by atoms with van der Waals surface area (Å²) in [4.78, 5) is 7.07. The molecule has 0 saturated heterocycles. The number of thiophene rings is 1. The van der Waals surface area contributed by atoms with E-state index in [-0.39, 0.29) is 55.4 Å². The van der Waals surface area contributed by atoms with Crippen molar-refractivity contribution in [1.82, 2.24) is 0 Å². The Hall–Kier alpha value is -5.06. The molecule has 1 fully saturated rings. The highest BCUT2D eigenvalue weighted by Crippen LogP contribution is 2.60. The third kappa shape index (κ3) is 7.95. The van der Waals surface area contributed by atoms with E-state index in [9.17, 15) is 0 Å². The van der Waals surface area contributed by atoms with Crippen LogP contribution in [0.1, 0.15) is 238 Å². The van der Waals surface area contributed by atoms with Gasteiger partial charge in [-0.25, -0.2) is 0 Å². The Labute approximate surface area is 488 Å². The van der Waals surface area contributed by atoms with Gasteiger partial charge in [-0.3, -0.25) is 0 Å². The highest BCUT2D eigenvalue weighted by molar-refractivity contribution is 7.29. The molecule has 0 amide bonds. The lowest BCUT2D eigenvalue weighted by Gasteiger charge is -2.48. The molecule has 0 radical (unpaired) electrons. The molecule has 5 aliphatic carbocycles. The van der Waals surface area contributed by atoms with Crippen molar-refractivity contribution in [1.29, 1.82) is 0 Å². The van der Waals surface area contributed by atoms with Gasteiger partial charge in [-0.05, 0) is 240 Å². The summed E-state index contributed by atoms with van der Waals surface area (Å²) in [5, 5.41) is 0. The monoisotopic (exact) mass is 1080 g/mol. The number of fused-ring (bicyclic) bond motifs is 10. The number of aryl methyl sites for hydroxylation is 1. The zero-order chi connectivity index (χ0) is 57.2. The zero-order valence-electron chi connectivity index (χ0n) is 52.9. The van der Waals surface area contributed by atoms with Crippen LogP contribution >= 0.6 is 11.3 Å². The molecular formula is C76H93BN2S. The average Bonchev–Trinajstić information content (AvgIpc) is 3.04. The molecule has 80 heavy (non-hydrogen) atoms. The number of benzene rings is 5. The van der Waals surface area contributed by atoms with Crippen molar-refractivity contribution in [2.45, 2.75) is 234 Å². The van der Waals surface area contributed by atoms with E-state index in [2.05, 4.69) is 251 Å². The first kappa shape index (κ1) is 54.2. The highest BCUT2D eigenvalue weighted by atomic mass is 32.1. The van der Waals surface area contributed by atoms with Gasteiger partial charge in [-0.1, -0.05) is 174 Å². The molecule has 0 bridgehead atoms. The summed E-state index contributed by atoms with van der Waals surface area (Å²) >= 11 is 2.12. The predicted molar refractivity (Wildman–Crippen MR) is 350 cm³/mol. The fraction of sp³-hybridized carbons (Fsp3) is 0.500. The topological polar surface area (TPSA) is 6.48 Å². The van der Waals surface area contributed by atoms with Crippen LogP contribution < -0.4 is 25.5 Å². The fourth-order valence-corrected chi connectivity index (χ4v) is 18.0. The second kappa shape index (κ2) is 17.0. The maximum Gasteiger partial charge on any atom is 0.264 e. The molecule has 7 aliphatic rings. The highest BCUT2D eigenvalue weighted by Gasteiger charge is 2.51. The summed E-state index contributed by atoms with van der Waals surface area (Å²) in [5.74, 6) is 0. The second-order valence-electron chi connectivity index (χ2n) is 32.8. The van der Waals surface area contributed by atoms with Crippen molar-refractivity contribution in [3.8, 4) is 11.1 Å². The molecule has 0 unspecified atom stereocenters. The Morgan fingerprint density at radius 1 is 0.475 bits per heavy atom. The van der Waals surface area contributed by atoms with Gasteiger partial charge in [0.2, 0.25) is 0 Å². The molecule has 0 atom stereocenters. The Balaban J connectivity index is 1.18. The number of allylic oxidation sites excluding steroid dienone is 3. The summed E-state index contributed by atoms with van der Waals surface area (Å²) in [6, 6.07) is 33.3. The van der Waals surface area contributed by atoms with E-state index in [1.165, 1.54) is 156 Å². The van der Waals surface area contributed by atoms with E-state index in [1.807, 2.05) is 0 Å². The number of anilines is 6. The van der Waals surface area contributed by atoms with E-state index in [1.54, 1.807) is 22.3 Å². The van der Waals surface area contributed by atoms with Crippen LogP contribution in [-0.4, -0.2) is 6.71 Å². The molecule has 2 nitrogen and oxygen atoms in total. The van der Waals surface area contributed by atoms with Gasteiger partial charge >= 0.3 is 0 Å². The molecule has 1 saturated carbocycles. The molecule has 13 rings (SSSR count). The molecular weight excluding hydrogens is 984 g/mol. The summed E-state index contributed by atoms with van der Waals surface area (Å²) in [5.41, 5.74) is 30.7. The van der Waals surface area contributed by atoms with Crippen molar-refractivity contribution < 1.29 is 0 Å². The average molecular weight is 1080 g/mol. The first-order valence-corrected chi connectivity index (χ1v) is 31.9. The molecule has 4 heteroatoms. The number of rotatable bonds is 3. The molecule has 0 N–H and O–H groups in total. The maximum absolute atomic E-state index is 2.86. The second-order valence-corrected chi connectivity index (χ2v) is 33.9. The summed E-state index contributed by atoms with van der Waals surface area (Å²) in [6.07, 6.45) is 15.8. The third-order valence-electron chi connectivity index (χ3n) is 22.4. The Morgan fingerprint density at radius 2 is 0.975 bits per heavy atom. The summed E-state index contributed by atoms with van der Waals surface area (Å²) < 4.78 is 1.50. The molecule has 3 heterocycles. The van der Waals surface area contributed by atoms with Crippen molar-refractivity contribution in [2.75, 3.05) is 9.80 Å². The van der Waals surface area contributed by atoms with Gasteiger partial charge in [0, 0.05) is 38.0 Å². The van der Waals surface area contributed by atoms with Gasteiger partial charge in [0.15, 0.2) is 0 Å². The van der Waals surface area contributed by atoms with Crippen LogP contribution in [0.2, 0.25) is 0 Å². The zero-order valence-corrected chi connectivity index (χ0v) is 53.7. The van der Waals surface area contributed by atoms with Crippen LogP contribution in [0.25, 0.3) is 17.2 Å². The van der Waals surface area contributed by atoms with Gasteiger partial charge in [0.1, 0.15) is 0 Å². The molecule has 1 aromatic heterocycles. The molecule has 416 valence electrons. The molecule has 0 spiro atoms. The van der Waals surface area contributed by atoms with Crippen LogP contribution in [0.4, 0.5) is 34.1 Å². The van der Waals surface area contributed by atoms with Crippen LogP contribution in [0.3, 0.4) is 0 Å². The smallest absolute Gasteiger partial charge is 0.264 e. The fourth-order valence-electron chi connectivity index (χ4n) is 16.6. The van der Waals surface area contributed by atoms with Gasteiger partial charge in [-0.15, -0.1) is 11.3 Å². The number of nitrogens with zero attached hydrogens (tertiary/aromatic N) is 2. The first-order valence-electron chi connectivity index (χ1n) is 31.1. The third-order valence-corrected chi connectivity index (χ3v) is 23.6. The minimum Gasteiger partial charge on any atom is -0.311 e. The summed E-state index contributed by atoms with van der Waals surface area (Å²) in [7, 11) is 0. The van der Waals surface area contributed by atoms with Crippen LogP contribution in [-0.2, 0) is 44.3 Å². The van der Waals surface area contributed by atoms with Crippen LogP contribution in [0.15, 0.2) is 96.1 Å². The quantitative estimate of drug-likeness (QED) is 0.163. The van der Waals surface area contributed by atoms with Gasteiger partial charge in [0.05, 0.1) is 11.4 Å². The summed E-state index contributed by atoms with van der Waals surface area (Å²) in [6.45, 7) is 49.8. The molecule has 6 aromatic rings. The van der Waals surface area contributed by atoms with Gasteiger partial charge < -0.3 is 9.80 Å². The largest absolute Gasteiger partial charge is 0.311 e. The lowest BCUT2D eigenvalue weighted by Crippen LogP contribution is -2.61. The molecule has 5 aromatic carbocycles. The Kier molecular flexibility index (Phi) is 11.5. The van der Waals surface area contributed by atoms with Crippen molar-refractivity contribution >= 4 is 74.0 Å². The number of hydrogen-bond donors (Lipinski definition) is 0. The minimum atomic E-state index is 0.00910. The van der Waals surface area contributed by atoms with E-state index in [0.29, 0.717) is 0 Å². The standard InChI is InChI=1S/C76H93BN2S/c1-45-38-61-65-62(39-45)79(59-42-55-53(71(9,10)32-34-73(55,13)14)40-50(59)48-22-21-23-52-64(48)76(19,20)37-36-70(52,7)8)60-43-56-54(72(11,12)33-35-74(56,15)16)41-58(60)77(65)67-66(78(61)47-26-24-46(25-27-47)68(2,3)4)49-28-29-51-57(44-63(49)80-67)75(17,18)31-30-69(51,5)6/h21-27,29,38-44H,28,30-37H2,1-20H3. The van der Waals surface area contributed by atoms with Gasteiger partial charge in [0.25, 0.3) is 6.71 Å². The van der Waals surface area contributed by atoms with Crippen molar-refractivity contribution in [2.24, 2.45) is 10.8 Å². The first-order chi connectivity index (χ1) is 37.1. The minimum absolute atomic E-state index is 0.00910. The van der Waals surface area contributed by atoms with Crippen LogP contribution in [0, 0.1) is 17.8 Å². The normalized spacial score (nSPS) is 22.4. The van der Waals surface area contributed by atoms with Gasteiger partial charge in [-0.2, -0.15) is 0 Å². The van der Waals surface area contributed by atoms with Crippen molar-refractivity contribution in [3.05, 3.63) is 151 Å². The molecule has 2 aliphatic heterocycles. The number of hydrogen-bond acceptors (Lipinski definition) is 3. The van der Waals surface area contributed by atoms with E-state index < -0.39 is 0 Å². The SMILES string of the molecule is Cc1cc2c3c(c1)N(c1ccc(C(C)(C)C)cc1)c1c(sc4c1CC=C1C(=C4)C(C)(C)CCC1(C)C)B3c1cc3c(cc1N2c1cc2c(cc1-c1cccc4c1C(C)(C)CCC4(C)C)C(C)(C)CCC2(C)C)C(C)(C)CCC3(C)C. The Bertz CT molecular complexity index is 3700. The lowest BCUT2D eigenvalue weighted by molar-refractivity contribution is 0.261. The van der Waals surface area contributed by atoms with E-state index >= 15 is 0 Å². The predicted octanol–water partition coefficient (Wildman–Crippen LogP) is 19.9. The maximum atomic E-state index is 2.86. The Morgan fingerprint density at radius 3 is 1.56 bits per heavy atom. The van der Waals surface area contributed by atoms with E-state index in [0.717, 1.165) is 6.42 Å².